The molecule has 1 rings (SSSR count). The summed E-state index contributed by atoms with van der Waals surface area (Å²) in [7, 11) is 2.46. The van der Waals surface area contributed by atoms with Gasteiger partial charge in [-0.3, -0.25) is 0 Å². The maximum absolute atomic E-state index is 3.58. The van der Waals surface area contributed by atoms with Gasteiger partial charge >= 0.3 is 0 Å². The third-order valence-corrected chi connectivity index (χ3v) is 3.15. The third kappa shape index (κ3) is 3.01. The highest BCUT2D eigenvalue weighted by molar-refractivity contribution is 6.56. The lowest BCUT2D eigenvalue weighted by Gasteiger charge is -2.19. The SMILES string of the molecule is CCC(C)CC1(C)[B]C1NC(C)C. The average Bonchev–Trinajstić information content (AvgIpc) is 2.59. The smallest absolute Gasteiger partial charge is 0.141 e. The molecule has 0 amide bonds. The van der Waals surface area contributed by atoms with Gasteiger partial charge in [-0.25, -0.2) is 0 Å². The van der Waals surface area contributed by atoms with Gasteiger partial charge in [0, 0.05) is 6.04 Å². The van der Waals surface area contributed by atoms with Crippen molar-refractivity contribution in [3.8, 4) is 0 Å². The lowest BCUT2D eigenvalue weighted by Crippen LogP contribution is -2.28. The summed E-state index contributed by atoms with van der Waals surface area (Å²) in [6, 6.07) is 0.611. The molecule has 1 aliphatic heterocycles. The zero-order valence-electron chi connectivity index (χ0n) is 9.72. The molecule has 0 spiro atoms. The van der Waals surface area contributed by atoms with Crippen molar-refractivity contribution in [2.75, 3.05) is 0 Å². The van der Waals surface area contributed by atoms with Gasteiger partial charge in [0.25, 0.3) is 0 Å². The first kappa shape index (κ1) is 11.1. The largest absolute Gasteiger partial charge is 0.320 e. The molecule has 0 aliphatic carbocycles. The predicted molar refractivity (Wildman–Crippen MR) is 60.3 cm³/mol. The summed E-state index contributed by atoms with van der Waals surface area (Å²) in [5.74, 6) is 1.53. The molecule has 1 heterocycles. The summed E-state index contributed by atoms with van der Waals surface area (Å²) in [5.41, 5.74) is 0. The topological polar surface area (TPSA) is 12.0 Å². The molecule has 1 aliphatic rings. The second kappa shape index (κ2) is 4.04. The van der Waals surface area contributed by atoms with Crippen LogP contribution in [0.15, 0.2) is 0 Å². The fourth-order valence-corrected chi connectivity index (χ4v) is 2.02. The Bertz CT molecular complexity index is 169. The van der Waals surface area contributed by atoms with Crippen molar-refractivity contribution >= 4 is 7.28 Å². The summed E-state index contributed by atoms with van der Waals surface area (Å²) >= 11 is 0. The minimum Gasteiger partial charge on any atom is -0.320 e. The van der Waals surface area contributed by atoms with Crippen molar-refractivity contribution < 1.29 is 0 Å². The van der Waals surface area contributed by atoms with E-state index in [0.29, 0.717) is 17.3 Å². The molecule has 75 valence electrons. The van der Waals surface area contributed by atoms with Crippen molar-refractivity contribution in [1.29, 1.82) is 0 Å². The molecule has 0 aromatic carbocycles. The Morgan fingerprint density at radius 2 is 2.00 bits per heavy atom. The van der Waals surface area contributed by atoms with Gasteiger partial charge in [0.1, 0.15) is 7.28 Å². The molecular weight excluding hydrogens is 157 g/mol. The Morgan fingerprint density at radius 1 is 1.38 bits per heavy atom. The monoisotopic (exact) mass is 180 g/mol. The lowest BCUT2D eigenvalue weighted by atomic mass is 9.81. The summed E-state index contributed by atoms with van der Waals surface area (Å²) in [4.78, 5) is 0. The molecular formula is C11H23BN. The van der Waals surface area contributed by atoms with E-state index >= 15 is 0 Å². The van der Waals surface area contributed by atoms with Gasteiger partial charge < -0.3 is 5.32 Å². The van der Waals surface area contributed by atoms with E-state index in [-0.39, 0.29) is 0 Å². The quantitative estimate of drug-likeness (QED) is 0.641. The summed E-state index contributed by atoms with van der Waals surface area (Å²) < 4.78 is 0. The number of hydrogen-bond acceptors (Lipinski definition) is 1. The molecule has 1 saturated heterocycles. The second-order valence-corrected chi connectivity index (χ2v) is 5.19. The molecule has 3 unspecified atom stereocenters. The van der Waals surface area contributed by atoms with Crippen LogP contribution in [0.5, 0.6) is 0 Å². The zero-order chi connectivity index (χ0) is 10.1. The van der Waals surface area contributed by atoms with E-state index in [2.05, 4.69) is 47.2 Å². The number of nitrogens with one attached hydrogen (secondary N) is 1. The second-order valence-electron chi connectivity index (χ2n) is 5.19. The van der Waals surface area contributed by atoms with E-state index < -0.39 is 0 Å². The molecule has 3 atom stereocenters. The van der Waals surface area contributed by atoms with Crippen LogP contribution < -0.4 is 5.32 Å². The fourth-order valence-electron chi connectivity index (χ4n) is 2.02. The molecule has 1 nitrogen and oxygen atoms in total. The summed E-state index contributed by atoms with van der Waals surface area (Å²) in [5, 5.41) is 4.07. The molecule has 13 heavy (non-hydrogen) atoms. The third-order valence-electron chi connectivity index (χ3n) is 3.15. The van der Waals surface area contributed by atoms with E-state index in [9.17, 15) is 0 Å². The van der Waals surface area contributed by atoms with Gasteiger partial charge in [0.05, 0.1) is 0 Å². The Balaban J connectivity index is 2.28. The molecule has 0 aromatic rings. The number of hydrogen-bond donors (Lipinski definition) is 1. The molecule has 0 bridgehead atoms. The van der Waals surface area contributed by atoms with Gasteiger partial charge in [-0.2, -0.15) is 0 Å². The van der Waals surface area contributed by atoms with Crippen LogP contribution in [0.2, 0.25) is 5.31 Å². The van der Waals surface area contributed by atoms with Crippen molar-refractivity contribution in [3.63, 3.8) is 0 Å². The van der Waals surface area contributed by atoms with Gasteiger partial charge in [-0.1, -0.05) is 52.8 Å². The highest BCUT2D eigenvalue weighted by atomic mass is 15.0. The molecule has 0 saturated carbocycles. The zero-order valence-corrected chi connectivity index (χ0v) is 9.72. The van der Waals surface area contributed by atoms with E-state index in [1.54, 1.807) is 0 Å². The van der Waals surface area contributed by atoms with Gasteiger partial charge in [-0.05, 0) is 11.9 Å². The van der Waals surface area contributed by atoms with Gasteiger partial charge in [0.2, 0.25) is 0 Å². The van der Waals surface area contributed by atoms with Crippen LogP contribution in [-0.2, 0) is 0 Å². The molecule has 1 fully saturated rings. The van der Waals surface area contributed by atoms with Crippen molar-refractivity contribution in [1.82, 2.24) is 5.32 Å². The Labute approximate surface area is 83.9 Å². The van der Waals surface area contributed by atoms with E-state index in [0.717, 1.165) is 5.92 Å². The normalized spacial score (nSPS) is 34.5. The minimum atomic E-state index is 0.486. The van der Waals surface area contributed by atoms with Crippen LogP contribution in [0.4, 0.5) is 0 Å². The van der Waals surface area contributed by atoms with Crippen molar-refractivity contribution in [3.05, 3.63) is 0 Å². The van der Waals surface area contributed by atoms with Gasteiger partial charge in [0.15, 0.2) is 0 Å². The van der Waals surface area contributed by atoms with E-state index in [1.165, 1.54) is 12.8 Å². The maximum atomic E-state index is 3.58. The Morgan fingerprint density at radius 3 is 2.46 bits per heavy atom. The van der Waals surface area contributed by atoms with E-state index in [4.69, 9.17) is 0 Å². The molecule has 1 radical (unpaired) electrons. The highest BCUT2D eigenvalue weighted by Crippen LogP contribution is 2.50. The van der Waals surface area contributed by atoms with Crippen LogP contribution in [0.1, 0.15) is 47.5 Å². The van der Waals surface area contributed by atoms with Crippen LogP contribution in [0.3, 0.4) is 0 Å². The molecule has 2 heteroatoms. The van der Waals surface area contributed by atoms with Crippen LogP contribution in [-0.4, -0.2) is 19.3 Å². The lowest BCUT2D eigenvalue weighted by molar-refractivity contribution is 0.422. The molecule has 1 N–H and O–H groups in total. The summed E-state index contributed by atoms with van der Waals surface area (Å²) in [6.45, 7) is 11.4. The van der Waals surface area contributed by atoms with Crippen molar-refractivity contribution in [2.45, 2.75) is 64.8 Å². The van der Waals surface area contributed by atoms with Crippen LogP contribution in [0, 0.1) is 5.92 Å². The first-order valence-electron chi connectivity index (χ1n) is 5.60. The van der Waals surface area contributed by atoms with Crippen molar-refractivity contribution in [2.24, 2.45) is 5.92 Å². The standard InChI is InChI=1S/C11H23BN/c1-6-9(4)7-11(5)10(12-11)13-8(2)3/h8-10,13H,6-7H2,1-5H3. The van der Waals surface area contributed by atoms with Crippen LogP contribution in [0.25, 0.3) is 0 Å². The first-order chi connectivity index (χ1) is 5.98. The van der Waals surface area contributed by atoms with Gasteiger partial charge in [-0.15, -0.1) is 0 Å². The number of rotatable bonds is 5. The van der Waals surface area contributed by atoms with E-state index in [1.807, 2.05) is 0 Å². The average molecular weight is 180 g/mol. The fraction of sp³-hybridized carbons (Fsp3) is 1.00. The minimum absolute atomic E-state index is 0.486. The van der Waals surface area contributed by atoms with Crippen LogP contribution >= 0.6 is 0 Å². The Kier molecular flexibility index (Phi) is 3.45. The predicted octanol–water partition coefficient (Wildman–Crippen LogP) is 2.64. The first-order valence-corrected chi connectivity index (χ1v) is 5.60. The Hall–Kier alpha value is 0.0249. The highest BCUT2D eigenvalue weighted by Gasteiger charge is 2.50. The molecule has 0 aromatic heterocycles. The summed E-state index contributed by atoms with van der Waals surface area (Å²) in [6.07, 6.45) is 2.64. The maximum Gasteiger partial charge on any atom is 0.141 e.